The van der Waals surface area contributed by atoms with E-state index in [4.69, 9.17) is 0 Å². The minimum atomic E-state index is -0.130. The van der Waals surface area contributed by atoms with Crippen LogP contribution in [0.15, 0.2) is 30.3 Å². The van der Waals surface area contributed by atoms with Gasteiger partial charge in [0.25, 0.3) is 0 Å². The minimum absolute atomic E-state index is 0.112. The van der Waals surface area contributed by atoms with Gasteiger partial charge >= 0.3 is 0 Å². The van der Waals surface area contributed by atoms with Gasteiger partial charge in [-0.05, 0) is 39.7 Å². The van der Waals surface area contributed by atoms with E-state index >= 15 is 0 Å². The maximum Gasteiger partial charge on any atom is 0.227 e. The average Bonchev–Trinajstić information content (AvgIpc) is 3.34. The molecule has 0 aliphatic heterocycles. The fraction of sp³-hybridized carbons (Fsp3) is 0.579. The molecule has 2 atom stereocenters. The van der Waals surface area contributed by atoms with E-state index in [-0.39, 0.29) is 29.7 Å². The number of rotatable bonds is 7. The molecule has 126 valence electrons. The Labute approximate surface area is 139 Å². The first-order valence-corrected chi connectivity index (χ1v) is 8.62. The molecule has 0 heterocycles. The van der Waals surface area contributed by atoms with E-state index < -0.39 is 0 Å². The summed E-state index contributed by atoms with van der Waals surface area (Å²) in [6.07, 6.45) is 0.701. The Hall–Kier alpha value is -1.84. The first-order valence-electron chi connectivity index (χ1n) is 8.62. The number of nitrogens with zero attached hydrogens (tertiary/aromatic N) is 2. The van der Waals surface area contributed by atoms with E-state index in [0.29, 0.717) is 26.1 Å². The van der Waals surface area contributed by atoms with Gasteiger partial charge in [0.2, 0.25) is 11.8 Å². The summed E-state index contributed by atoms with van der Waals surface area (Å²) >= 11 is 0. The lowest BCUT2D eigenvalue weighted by Gasteiger charge is -2.27. The number of carbonyl (C=O) groups excluding carboxylic acids is 2. The zero-order chi connectivity index (χ0) is 17.0. The van der Waals surface area contributed by atoms with E-state index in [1.54, 1.807) is 0 Å². The Balaban J connectivity index is 2.02. The zero-order valence-electron chi connectivity index (χ0n) is 14.7. The first kappa shape index (κ1) is 17.5. The van der Waals surface area contributed by atoms with Gasteiger partial charge in [-0.15, -0.1) is 0 Å². The number of hydrogen-bond acceptors (Lipinski definition) is 2. The van der Waals surface area contributed by atoms with E-state index in [1.165, 1.54) is 0 Å². The highest BCUT2D eigenvalue weighted by Gasteiger charge is 2.50. The molecular formula is C19H28N2O2. The predicted molar refractivity (Wildman–Crippen MR) is 91.7 cm³/mol. The van der Waals surface area contributed by atoms with Gasteiger partial charge in [-0.3, -0.25) is 9.59 Å². The number of hydrogen-bond donors (Lipinski definition) is 0. The van der Waals surface area contributed by atoms with Crippen molar-refractivity contribution >= 4 is 11.8 Å². The minimum Gasteiger partial charge on any atom is -0.343 e. The molecule has 0 radical (unpaired) electrons. The fourth-order valence-corrected chi connectivity index (χ4v) is 3.02. The van der Waals surface area contributed by atoms with Gasteiger partial charge < -0.3 is 9.80 Å². The van der Waals surface area contributed by atoms with Crippen LogP contribution in [0.3, 0.4) is 0 Å². The summed E-state index contributed by atoms with van der Waals surface area (Å²) in [5.41, 5.74) is 1.13. The predicted octanol–water partition coefficient (Wildman–Crippen LogP) is 2.93. The molecule has 1 aromatic rings. The highest BCUT2D eigenvalue weighted by molar-refractivity contribution is 5.92. The molecule has 1 aliphatic rings. The highest BCUT2D eigenvalue weighted by atomic mass is 16.2. The van der Waals surface area contributed by atoms with E-state index in [1.807, 2.05) is 67.8 Å². The molecule has 2 unspecified atom stereocenters. The van der Waals surface area contributed by atoms with Crippen LogP contribution in [0, 0.1) is 11.8 Å². The van der Waals surface area contributed by atoms with Gasteiger partial charge in [0, 0.05) is 25.7 Å². The largest absolute Gasteiger partial charge is 0.343 e. The third kappa shape index (κ3) is 4.12. The van der Waals surface area contributed by atoms with Crippen molar-refractivity contribution in [3.63, 3.8) is 0 Å². The summed E-state index contributed by atoms with van der Waals surface area (Å²) < 4.78 is 0. The van der Waals surface area contributed by atoms with Gasteiger partial charge in [0.15, 0.2) is 0 Å². The van der Waals surface area contributed by atoms with Gasteiger partial charge in [0.05, 0.1) is 11.8 Å². The van der Waals surface area contributed by atoms with Crippen LogP contribution >= 0.6 is 0 Å². The van der Waals surface area contributed by atoms with Crippen molar-refractivity contribution in [2.45, 2.75) is 46.7 Å². The second-order valence-electron chi connectivity index (χ2n) is 6.50. The van der Waals surface area contributed by atoms with Crippen LogP contribution in [0.4, 0.5) is 0 Å². The topological polar surface area (TPSA) is 40.6 Å². The molecule has 1 aliphatic carbocycles. The van der Waals surface area contributed by atoms with E-state index in [9.17, 15) is 9.59 Å². The molecule has 1 aromatic carbocycles. The molecule has 23 heavy (non-hydrogen) atoms. The molecule has 4 heteroatoms. The monoisotopic (exact) mass is 316 g/mol. The van der Waals surface area contributed by atoms with Crippen LogP contribution in [-0.2, 0) is 16.1 Å². The van der Waals surface area contributed by atoms with Crippen molar-refractivity contribution in [3.8, 4) is 0 Å². The normalized spacial score (nSPS) is 19.5. The van der Waals surface area contributed by atoms with Crippen LogP contribution in [-0.4, -0.2) is 40.7 Å². The SMILES string of the molecule is CCN(CC)C(=O)C1CC1C(=O)N(Cc1ccccc1)C(C)C. The first-order chi connectivity index (χ1) is 11.0. The zero-order valence-corrected chi connectivity index (χ0v) is 14.7. The summed E-state index contributed by atoms with van der Waals surface area (Å²) in [5, 5.41) is 0. The van der Waals surface area contributed by atoms with Gasteiger partial charge in [-0.1, -0.05) is 30.3 Å². The third-order valence-electron chi connectivity index (χ3n) is 4.60. The standard InChI is InChI=1S/C19H28N2O2/c1-5-20(6-2)18(22)16-12-17(16)19(23)21(14(3)4)13-15-10-8-7-9-11-15/h7-11,14,16-17H,5-6,12-13H2,1-4H3. The molecule has 1 fully saturated rings. The van der Waals surface area contributed by atoms with Crippen molar-refractivity contribution < 1.29 is 9.59 Å². The number of amides is 2. The third-order valence-corrected chi connectivity index (χ3v) is 4.60. The van der Waals surface area contributed by atoms with Crippen molar-refractivity contribution in [1.29, 1.82) is 0 Å². The Kier molecular flexibility index (Phi) is 5.80. The second kappa shape index (κ2) is 7.62. The Morgan fingerprint density at radius 3 is 2.13 bits per heavy atom. The smallest absolute Gasteiger partial charge is 0.227 e. The lowest BCUT2D eigenvalue weighted by molar-refractivity contribution is -0.139. The van der Waals surface area contributed by atoms with Gasteiger partial charge in [-0.25, -0.2) is 0 Å². The number of carbonyl (C=O) groups is 2. The maximum absolute atomic E-state index is 12.8. The van der Waals surface area contributed by atoms with Gasteiger partial charge in [0.1, 0.15) is 0 Å². The van der Waals surface area contributed by atoms with Crippen LogP contribution < -0.4 is 0 Å². The van der Waals surface area contributed by atoms with Crippen molar-refractivity contribution in [2.24, 2.45) is 11.8 Å². The van der Waals surface area contributed by atoms with Crippen molar-refractivity contribution in [3.05, 3.63) is 35.9 Å². The highest BCUT2D eigenvalue weighted by Crippen LogP contribution is 2.42. The van der Waals surface area contributed by atoms with Gasteiger partial charge in [-0.2, -0.15) is 0 Å². The molecule has 4 nitrogen and oxygen atoms in total. The lowest BCUT2D eigenvalue weighted by atomic mass is 10.1. The summed E-state index contributed by atoms with van der Waals surface area (Å²) in [7, 11) is 0. The summed E-state index contributed by atoms with van der Waals surface area (Å²) in [6.45, 7) is 10.1. The molecule has 2 rings (SSSR count). The van der Waals surface area contributed by atoms with Crippen LogP contribution in [0.5, 0.6) is 0 Å². The Morgan fingerprint density at radius 1 is 1.04 bits per heavy atom. The molecule has 0 saturated heterocycles. The van der Waals surface area contributed by atoms with Crippen LogP contribution in [0.25, 0.3) is 0 Å². The Bertz CT molecular complexity index is 538. The molecular weight excluding hydrogens is 288 g/mol. The van der Waals surface area contributed by atoms with Crippen LogP contribution in [0.1, 0.15) is 39.7 Å². The lowest BCUT2D eigenvalue weighted by Crippen LogP contribution is -2.39. The molecule has 0 N–H and O–H groups in total. The summed E-state index contributed by atoms with van der Waals surface area (Å²) in [4.78, 5) is 28.9. The van der Waals surface area contributed by atoms with Crippen molar-refractivity contribution in [2.75, 3.05) is 13.1 Å². The van der Waals surface area contributed by atoms with Crippen LogP contribution in [0.2, 0.25) is 0 Å². The molecule has 1 saturated carbocycles. The molecule has 0 spiro atoms. The Morgan fingerprint density at radius 2 is 1.61 bits per heavy atom. The summed E-state index contributed by atoms with van der Waals surface area (Å²) in [5.74, 6) is 0.0137. The summed E-state index contributed by atoms with van der Waals surface area (Å²) in [6, 6.07) is 10.2. The van der Waals surface area contributed by atoms with E-state index in [0.717, 1.165) is 5.56 Å². The second-order valence-corrected chi connectivity index (χ2v) is 6.50. The molecule has 0 bridgehead atoms. The quantitative estimate of drug-likeness (QED) is 0.776. The van der Waals surface area contributed by atoms with Crippen molar-refractivity contribution in [1.82, 2.24) is 9.80 Å². The molecule has 0 aromatic heterocycles. The molecule has 2 amide bonds. The number of benzene rings is 1. The average molecular weight is 316 g/mol. The fourth-order valence-electron chi connectivity index (χ4n) is 3.02. The van der Waals surface area contributed by atoms with E-state index in [2.05, 4.69) is 0 Å². The maximum atomic E-state index is 12.8.